The van der Waals surface area contributed by atoms with Gasteiger partial charge in [-0.25, -0.2) is 9.79 Å². The minimum Gasteiger partial charge on any atom is -0.507 e. The Morgan fingerprint density at radius 1 is 1.14 bits per heavy atom. The van der Waals surface area contributed by atoms with E-state index in [-0.39, 0.29) is 17.3 Å². The number of halogens is 2. The Balaban J connectivity index is 2.00. The Bertz CT molecular complexity index is 828. The number of benzene rings is 2. The van der Waals surface area contributed by atoms with E-state index in [1.165, 1.54) is 12.1 Å². The summed E-state index contributed by atoms with van der Waals surface area (Å²) >= 11 is 11.9. The summed E-state index contributed by atoms with van der Waals surface area (Å²) in [7, 11) is 0. The fraction of sp³-hybridized carbons (Fsp3) is 0. The summed E-state index contributed by atoms with van der Waals surface area (Å²) in [6.07, 6.45) is 1.45. The smallest absolute Gasteiger partial charge is 0.363 e. The second-order valence-electron chi connectivity index (χ2n) is 4.52. The second kappa shape index (κ2) is 5.83. The van der Waals surface area contributed by atoms with Gasteiger partial charge in [-0.2, -0.15) is 0 Å². The first-order valence-electron chi connectivity index (χ1n) is 6.30. The van der Waals surface area contributed by atoms with Crippen LogP contribution < -0.4 is 0 Å². The summed E-state index contributed by atoms with van der Waals surface area (Å²) in [5.41, 5.74) is 1.03. The van der Waals surface area contributed by atoms with E-state index in [4.69, 9.17) is 27.9 Å². The lowest BCUT2D eigenvalue weighted by Gasteiger charge is -2.02. The fourth-order valence-corrected chi connectivity index (χ4v) is 2.43. The molecule has 0 unspecified atom stereocenters. The molecule has 110 valence electrons. The lowest BCUT2D eigenvalue weighted by atomic mass is 10.1. The van der Waals surface area contributed by atoms with E-state index in [0.717, 1.165) is 0 Å². The van der Waals surface area contributed by atoms with Crippen LogP contribution in [0.4, 0.5) is 0 Å². The molecule has 6 heteroatoms. The van der Waals surface area contributed by atoms with Crippen molar-refractivity contribution in [3.05, 3.63) is 69.3 Å². The second-order valence-corrected chi connectivity index (χ2v) is 5.36. The molecule has 3 rings (SSSR count). The number of rotatable bonds is 2. The van der Waals surface area contributed by atoms with Crippen molar-refractivity contribution in [2.75, 3.05) is 0 Å². The summed E-state index contributed by atoms with van der Waals surface area (Å²) in [5, 5.41) is 10.5. The molecular formula is C16H9Cl2NO3. The molecule has 1 N–H and O–H groups in total. The van der Waals surface area contributed by atoms with Crippen LogP contribution >= 0.6 is 23.2 Å². The van der Waals surface area contributed by atoms with Gasteiger partial charge in [0.25, 0.3) is 0 Å². The maximum Gasteiger partial charge on any atom is 0.363 e. The summed E-state index contributed by atoms with van der Waals surface area (Å²) in [4.78, 5) is 16.0. The summed E-state index contributed by atoms with van der Waals surface area (Å²) in [6, 6.07) is 11.4. The van der Waals surface area contributed by atoms with Crippen LogP contribution in [0.25, 0.3) is 6.08 Å². The predicted octanol–water partition coefficient (Wildman–Crippen LogP) is 4.04. The molecule has 0 aliphatic carbocycles. The topological polar surface area (TPSA) is 58.9 Å². The number of nitrogens with zero attached hydrogens (tertiary/aromatic N) is 1. The number of aliphatic imine (C=N–C) groups is 1. The molecule has 0 fully saturated rings. The normalized spacial score (nSPS) is 15.8. The van der Waals surface area contributed by atoms with Crippen LogP contribution in [-0.4, -0.2) is 17.0 Å². The molecule has 0 saturated carbocycles. The van der Waals surface area contributed by atoms with Crippen molar-refractivity contribution in [3.63, 3.8) is 0 Å². The third-order valence-electron chi connectivity index (χ3n) is 3.01. The van der Waals surface area contributed by atoms with Crippen molar-refractivity contribution in [2.45, 2.75) is 0 Å². The Kier molecular flexibility index (Phi) is 3.88. The van der Waals surface area contributed by atoms with Crippen LogP contribution in [-0.2, 0) is 9.53 Å². The number of aromatic hydroxyl groups is 1. The lowest BCUT2D eigenvalue weighted by Crippen LogP contribution is -2.05. The van der Waals surface area contributed by atoms with Gasteiger partial charge in [-0.1, -0.05) is 41.4 Å². The molecule has 0 atom stereocenters. The molecule has 0 spiro atoms. The number of para-hydroxylation sites is 1. The number of esters is 1. The van der Waals surface area contributed by atoms with Gasteiger partial charge in [-0.15, -0.1) is 0 Å². The maximum absolute atomic E-state index is 11.9. The number of phenolic OH excluding ortho intramolecular Hbond substituents is 1. The average molecular weight is 334 g/mol. The minimum atomic E-state index is -0.607. The number of hydrogen-bond acceptors (Lipinski definition) is 4. The van der Waals surface area contributed by atoms with Crippen LogP contribution in [0.15, 0.2) is 53.2 Å². The SMILES string of the molecule is O=C1OC(c2ccc(Cl)cc2Cl)=N/C1=C/c1ccccc1O. The number of carbonyl (C=O) groups is 1. The number of ether oxygens (including phenoxy) is 1. The molecule has 22 heavy (non-hydrogen) atoms. The molecule has 2 aromatic carbocycles. The van der Waals surface area contributed by atoms with Crippen molar-refractivity contribution in [3.8, 4) is 5.75 Å². The molecule has 0 saturated heterocycles. The molecule has 1 heterocycles. The Labute approximate surface area is 136 Å². The van der Waals surface area contributed by atoms with Crippen LogP contribution in [0.5, 0.6) is 5.75 Å². The molecule has 0 amide bonds. The first-order valence-corrected chi connectivity index (χ1v) is 7.06. The Hall–Kier alpha value is -2.30. The van der Waals surface area contributed by atoms with Crippen molar-refractivity contribution < 1.29 is 14.6 Å². The highest BCUT2D eigenvalue weighted by molar-refractivity contribution is 6.37. The standard InChI is InChI=1S/C16H9Cl2NO3/c17-10-5-6-11(12(18)8-10)15-19-13(16(21)22-15)7-9-3-1-2-4-14(9)20/h1-8,20H/b13-7+. The van der Waals surface area contributed by atoms with Gasteiger partial charge in [0.2, 0.25) is 5.90 Å². The van der Waals surface area contributed by atoms with Crippen LogP contribution in [0.1, 0.15) is 11.1 Å². The molecule has 0 radical (unpaired) electrons. The third-order valence-corrected chi connectivity index (χ3v) is 3.56. The van der Waals surface area contributed by atoms with E-state index in [1.54, 1.807) is 36.4 Å². The zero-order valence-electron chi connectivity index (χ0n) is 11.1. The molecule has 0 aromatic heterocycles. The van der Waals surface area contributed by atoms with Crippen molar-refractivity contribution in [1.29, 1.82) is 0 Å². The fourth-order valence-electron chi connectivity index (χ4n) is 1.94. The highest BCUT2D eigenvalue weighted by Crippen LogP contribution is 2.27. The summed E-state index contributed by atoms with van der Waals surface area (Å²) < 4.78 is 5.13. The number of hydrogen-bond donors (Lipinski definition) is 1. The highest BCUT2D eigenvalue weighted by atomic mass is 35.5. The molecule has 2 aromatic rings. The van der Waals surface area contributed by atoms with E-state index >= 15 is 0 Å². The quantitative estimate of drug-likeness (QED) is 0.666. The first-order chi connectivity index (χ1) is 10.5. The summed E-state index contributed by atoms with van der Waals surface area (Å²) in [6.45, 7) is 0. The number of phenols is 1. The van der Waals surface area contributed by atoms with E-state index in [0.29, 0.717) is 21.2 Å². The third kappa shape index (κ3) is 2.84. The zero-order chi connectivity index (χ0) is 15.7. The van der Waals surface area contributed by atoms with E-state index in [2.05, 4.69) is 4.99 Å². The first kappa shape index (κ1) is 14.6. The van der Waals surface area contributed by atoms with Gasteiger partial charge < -0.3 is 9.84 Å². The molecular weight excluding hydrogens is 325 g/mol. The molecule has 1 aliphatic heterocycles. The van der Waals surface area contributed by atoms with Gasteiger partial charge in [-0.05, 0) is 30.3 Å². The van der Waals surface area contributed by atoms with Gasteiger partial charge in [0.05, 0.1) is 10.6 Å². The van der Waals surface area contributed by atoms with E-state index in [1.807, 2.05) is 0 Å². The van der Waals surface area contributed by atoms with E-state index in [9.17, 15) is 9.90 Å². The van der Waals surface area contributed by atoms with Crippen molar-refractivity contribution >= 4 is 41.1 Å². The Morgan fingerprint density at radius 3 is 2.64 bits per heavy atom. The van der Waals surface area contributed by atoms with Crippen LogP contribution in [0.3, 0.4) is 0 Å². The van der Waals surface area contributed by atoms with Gasteiger partial charge in [0.15, 0.2) is 5.70 Å². The van der Waals surface area contributed by atoms with Gasteiger partial charge in [-0.3, -0.25) is 0 Å². The summed E-state index contributed by atoms with van der Waals surface area (Å²) in [5.74, 6) is -0.450. The zero-order valence-corrected chi connectivity index (χ0v) is 12.6. The van der Waals surface area contributed by atoms with Gasteiger partial charge in [0.1, 0.15) is 5.75 Å². The lowest BCUT2D eigenvalue weighted by molar-refractivity contribution is -0.129. The molecule has 1 aliphatic rings. The van der Waals surface area contributed by atoms with Crippen molar-refractivity contribution in [2.24, 2.45) is 4.99 Å². The Morgan fingerprint density at radius 2 is 1.91 bits per heavy atom. The minimum absolute atomic E-state index is 0.0518. The van der Waals surface area contributed by atoms with Crippen molar-refractivity contribution in [1.82, 2.24) is 0 Å². The maximum atomic E-state index is 11.9. The highest BCUT2D eigenvalue weighted by Gasteiger charge is 2.25. The monoisotopic (exact) mass is 333 g/mol. The van der Waals surface area contributed by atoms with Crippen LogP contribution in [0.2, 0.25) is 10.0 Å². The predicted molar refractivity (Wildman–Crippen MR) is 85.2 cm³/mol. The number of carbonyl (C=O) groups excluding carboxylic acids is 1. The van der Waals surface area contributed by atoms with Crippen LogP contribution in [0, 0.1) is 0 Å². The molecule has 4 nitrogen and oxygen atoms in total. The number of cyclic esters (lactones) is 1. The van der Waals surface area contributed by atoms with Gasteiger partial charge >= 0.3 is 5.97 Å². The molecule has 0 bridgehead atoms. The van der Waals surface area contributed by atoms with E-state index < -0.39 is 5.97 Å². The average Bonchev–Trinajstić information content (AvgIpc) is 2.82. The van der Waals surface area contributed by atoms with Gasteiger partial charge in [0, 0.05) is 10.6 Å². The largest absolute Gasteiger partial charge is 0.507 e.